The summed E-state index contributed by atoms with van der Waals surface area (Å²) in [6.45, 7) is 5.03. The zero-order valence-electron chi connectivity index (χ0n) is 12.2. The molecule has 5 heteroatoms. The highest BCUT2D eigenvalue weighted by Gasteiger charge is 2.19. The Morgan fingerprint density at radius 2 is 2.14 bits per heavy atom. The maximum Gasteiger partial charge on any atom is 0.254 e. The second-order valence-corrected chi connectivity index (χ2v) is 5.49. The zero-order valence-corrected chi connectivity index (χ0v) is 13.1. The molecule has 21 heavy (non-hydrogen) atoms. The first kappa shape index (κ1) is 15.4. The first-order valence-electron chi connectivity index (χ1n) is 6.97. The number of carbonyl (C=O) groups is 1. The molecule has 0 aliphatic rings. The number of pyridine rings is 1. The Bertz CT molecular complexity index is 666. The highest BCUT2D eigenvalue weighted by Crippen LogP contribution is 2.18. The number of amides is 1. The van der Waals surface area contributed by atoms with Crippen molar-refractivity contribution in [2.45, 2.75) is 13.8 Å². The molecule has 0 radical (unpaired) electrons. The number of benzene rings is 1. The Morgan fingerprint density at radius 3 is 2.81 bits per heavy atom. The van der Waals surface area contributed by atoms with Crippen molar-refractivity contribution in [2.24, 2.45) is 11.7 Å². The van der Waals surface area contributed by atoms with Crippen LogP contribution in [-0.2, 0) is 0 Å². The third-order valence-corrected chi connectivity index (χ3v) is 3.93. The van der Waals surface area contributed by atoms with E-state index in [1.165, 1.54) is 0 Å². The van der Waals surface area contributed by atoms with Crippen molar-refractivity contribution < 1.29 is 4.79 Å². The number of nitrogens with two attached hydrogens (primary N) is 1. The highest BCUT2D eigenvalue weighted by atomic mass is 32.1. The van der Waals surface area contributed by atoms with Gasteiger partial charge in [0.1, 0.15) is 0 Å². The highest BCUT2D eigenvalue weighted by molar-refractivity contribution is 7.80. The van der Waals surface area contributed by atoms with E-state index in [2.05, 4.69) is 4.98 Å². The SMILES string of the molecule is CCN(CC(C)C(N)=S)C(=O)c1cccc2ncccc12. The third-order valence-electron chi connectivity index (χ3n) is 3.52. The van der Waals surface area contributed by atoms with E-state index in [4.69, 9.17) is 18.0 Å². The lowest BCUT2D eigenvalue weighted by molar-refractivity contribution is 0.0757. The van der Waals surface area contributed by atoms with Crippen LogP contribution in [0.1, 0.15) is 24.2 Å². The molecule has 1 amide bonds. The summed E-state index contributed by atoms with van der Waals surface area (Å²) in [5.41, 5.74) is 7.14. The lowest BCUT2D eigenvalue weighted by atomic mass is 10.1. The van der Waals surface area contributed by atoms with Gasteiger partial charge in [0.2, 0.25) is 0 Å². The lowest BCUT2D eigenvalue weighted by Gasteiger charge is -2.24. The van der Waals surface area contributed by atoms with E-state index < -0.39 is 0 Å². The van der Waals surface area contributed by atoms with Crippen LogP contribution in [0.4, 0.5) is 0 Å². The van der Waals surface area contributed by atoms with E-state index in [9.17, 15) is 4.79 Å². The van der Waals surface area contributed by atoms with Crippen molar-refractivity contribution in [3.63, 3.8) is 0 Å². The van der Waals surface area contributed by atoms with Gasteiger partial charge in [0, 0.05) is 36.2 Å². The van der Waals surface area contributed by atoms with Gasteiger partial charge in [0.05, 0.1) is 10.5 Å². The Labute approximate surface area is 130 Å². The predicted molar refractivity (Wildman–Crippen MR) is 89.3 cm³/mol. The van der Waals surface area contributed by atoms with Crippen LogP contribution in [-0.4, -0.2) is 33.9 Å². The Morgan fingerprint density at radius 1 is 1.38 bits per heavy atom. The van der Waals surface area contributed by atoms with Crippen molar-refractivity contribution in [3.8, 4) is 0 Å². The quantitative estimate of drug-likeness (QED) is 0.863. The van der Waals surface area contributed by atoms with E-state index in [0.717, 1.165) is 10.9 Å². The number of fused-ring (bicyclic) bond motifs is 1. The third kappa shape index (κ3) is 3.36. The average molecular weight is 301 g/mol. The summed E-state index contributed by atoms with van der Waals surface area (Å²) >= 11 is 4.99. The van der Waals surface area contributed by atoms with E-state index in [1.54, 1.807) is 11.1 Å². The summed E-state index contributed by atoms with van der Waals surface area (Å²) in [6.07, 6.45) is 1.73. The molecule has 1 unspecified atom stereocenters. The number of carbonyl (C=O) groups excluding carboxylic acids is 1. The van der Waals surface area contributed by atoms with Crippen molar-refractivity contribution in [1.82, 2.24) is 9.88 Å². The molecule has 0 bridgehead atoms. The minimum absolute atomic E-state index is 0.00278. The van der Waals surface area contributed by atoms with Gasteiger partial charge in [-0.1, -0.05) is 31.3 Å². The Hall–Kier alpha value is -2.01. The summed E-state index contributed by atoms with van der Waals surface area (Å²) in [5.74, 6) is -0.0174. The van der Waals surface area contributed by atoms with Gasteiger partial charge in [-0.15, -0.1) is 0 Å². The number of thiocarbonyl (C=S) groups is 1. The van der Waals surface area contributed by atoms with Crippen LogP contribution >= 0.6 is 12.2 Å². The molecule has 0 aliphatic heterocycles. The zero-order chi connectivity index (χ0) is 15.4. The van der Waals surface area contributed by atoms with Crippen molar-refractivity contribution in [2.75, 3.05) is 13.1 Å². The minimum atomic E-state index is -0.0146. The van der Waals surface area contributed by atoms with Crippen molar-refractivity contribution >= 4 is 34.0 Å². The molecule has 1 heterocycles. The molecule has 0 saturated carbocycles. The second kappa shape index (κ2) is 6.63. The number of nitrogens with zero attached hydrogens (tertiary/aromatic N) is 2. The Balaban J connectivity index is 2.34. The van der Waals surface area contributed by atoms with Crippen molar-refractivity contribution in [1.29, 1.82) is 0 Å². The van der Waals surface area contributed by atoms with Crippen LogP contribution in [0.3, 0.4) is 0 Å². The molecule has 1 atom stereocenters. The van der Waals surface area contributed by atoms with Gasteiger partial charge in [0.25, 0.3) is 5.91 Å². The molecule has 0 spiro atoms. The largest absolute Gasteiger partial charge is 0.393 e. The van der Waals surface area contributed by atoms with Gasteiger partial charge < -0.3 is 10.6 Å². The van der Waals surface area contributed by atoms with Gasteiger partial charge in [-0.2, -0.15) is 0 Å². The molecule has 1 aromatic heterocycles. The number of rotatable bonds is 5. The minimum Gasteiger partial charge on any atom is -0.393 e. The molecule has 110 valence electrons. The van der Waals surface area contributed by atoms with Gasteiger partial charge in [0.15, 0.2) is 0 Å². The van der Waals surface area contributed by atoms with Crippen LogP contribution in [0.15, 0.2) is 36.5 Å². The summed E-state index contributed by atoms with van der Waals surface area (Å²) in [5, 5.41) is 0.867. The molecule has 4 nitrogen and oxygen atoms in total. The molecule has 2 aromatic rings. The van der Waals surface area contributed by atoms with Crippen LogP contribution in [0.5, 0.6) is 0 Å². The van der Waals surface area contributed by atoms with E-state index in [1.807, 2.05) is 44.2 Å². The molecule has 0 fully saturated rings. The van der Waals surface area contributed by atoms with E-state index in [-0.39, 0.29) is 11.8 Å². The standard InChI is InChI=1S/C16H19N3OS/c1-3-19(10-11(2)15(17)21)16(20)13-6-4-8-14-12(13)7-5-9-18-14/h4-9,11H,3,10H2,1-2H3,(H2,17,21). The fraction of sp³-hybridized carbons (Fsp3) is 0.312. The molecule has 0 saturated heterocycles. The van der Waals surface area contributed by atoms with Gasteiger partial charge in [-0.25, -0.2) is 0 Å². The van der Waals surface area contributed by atoms with Crippen LogP contribution in [0.2, 0.25) is 0 Å². The average Bonchev–Trinajstić information content (AvgIpc) is 2.51. The molecular weight excluding hydrogens is 282 g/mol. The molecule has 2 rings (SSSR count). The van der Waals surface area contributed by atoms with E-state index in [0.29, 0.717) is 23.6 Å². The van der Waals surface area contributed by atoms with Crippen LogP contribution < -0.4 is 5.73 Å². The van der Waals surface area contributed by atoms with E-state index >= 15 is 0 Å². The van der Waals surface area contributed by atoms with Crippen LogP contribution in [0.25, 0.3) is 10.9 Å². The molecule has 1 aromatic carbocycles. The smallest absolute Gasteiger partial charge is 0.254 e. The number of hydrogen-bond acceptors (Lipinski definition) is 3. The maximum absolute atomic E-state index is 12.8. The maximum atomic E-state index is 12.8. The topological polar surface area (TPSA) is 59.2 Å². The van der Waals surface area contributed by atoms with Crippen LogP contribution in [0, 0.1) is 5.92 Å². The lowest BCUT2D eigenvalue weighted by Crippen LogP contribution is -2.38. The summed E-state index contributed by atoms with van der Waals surface area (Å²) in [4.78, 5) is 19.2. The monoisotopic (exact) mass is 301 g/mol. The first-order chi connectivity index (χ1) is 10.0. The molecule has 0 aliphatic carbocycles. The number of aromatic nitrogens is 1. The number of hydrogen-bond donors (Lipinski definition) is 1. The normalized spacial score (nSPS) is 12.1. The molecule has 2 N–H and O–H groups in total. The first-order valence-corrected chi connectivity index (χ1v) is 7.37. The fourth-order valence-corrected chi connectivity index (χ4v) is 2.31. The van der Waals surface area contributed by atoms with Gasteiger partial charge in [-0.05, 0) is 25.1 Å². The van der Waals surface area contributed by atoms with Gasteiger partial charge in [-0.3, -0.25) is 9.78 Å². The summed E-state index contributed by atoms with van der Waals surface area (Å²) < 4.78 is 0. The fourth-order valence-electron chi connectivity index (χ4n) is 2.24. The molecular formula is C16H19N3OS. The predicted octanol–water partition coefficient (Wildman–Crippen LogP) is 2.62. The summed E-state index contributed by atoms with van der Waals surface area (Å²) in [6, 6.07) is 9.35. The second-order valence-electron chi connectivity index (χ2n) is 5.02. The van der Waals surface area contributed by atoms with Gasteiger partial charge >= 0.3 is 0 Å². The van der Waals surface area contributed by atoms with Crippen molar-refractivity contribution in [3.05, 3.63) is 42.1 Å². The summed E-state index contributed by atoms with van der Waals surface area (Å²) in [7, 11) is 0. The Kier molecular flexibility index (Phi) is 4.85.